The standard InChI is InChI=1S/C27H34O4/c1-8-9-22-12-17-26(30-19(4)5)24(27(22)31-20(6)7)15-16-25(28)21-10-13-23(14-11-21)29-18(2)3/h10-17,19-20H,2,8-9H2,1,3-7H3. The molecule has 2 aromatic carbocycles. The van der Waals surface area contributed by atoms with Gasteiger partial charge in [0, 0.05) is 5.56 Å². The van der Waals surface area contributed by atoms with E-state index in [-0.39, 0.29) is 18.0 Å². The summed E-state index contributed by atoms with van der Waals surface area (Å²) in [5.41, 5.74) is 2.48. The largest absolute Gasteiger partial charge is 0.490 e. The molecule has 0 aromatic heterocycles. The Morgan fingerprint density at radius 1 is 1.00 bits per heavy atom. The highest BCUT2D eigenvalue weighted by Crippen LogP contribution is 2.36. The lowest BCUT2D eigenvalue weighted by molar-refractivity contribution is 0.104. The fourth-order valence-electron chi connectivity index (χ4n) is 3.13. The highest BCUT2D eigenvalue weighted by Gasteiger charge is 2.16. The van der Waals surface area contributed by atoms with Crippen LogP contribution in [0.15, 0.2) is 54.8 Å². The van der Waals surface area contributed by atoms with Crippen molar-refractivity contribution in [1.29, 1.82) is 0 Å². The third kappa shape index (κ3) is 7.32. The first kappa shape index (κ1) is 24.3. The molecule has 0 bridgehead atoms. The van der Waals surface area contributed by atoms with Crippen molar-refractivity contribution < 1.29 is 19.0 Å². The molecule has 0 N–H and O–H groups in total. The Kier molecular flexibility index (Phi) is 8.92. The lowest BCUT2D eigenvalue weighted by Gasteiger charge is -2.21. The molecule has 2 rings (SSSR count). The second-order valence-electron chi connectivity index (χ2n) is 8.07. The monoisotopic (exact) mass is 422 g/mol. The molecule has 0 spiro atoms. The number of hydrogen-bond donors (Lipinski definition) is 0. The van der Waals surface area contributed by atoms with E-state index in [2.05, 4.69) is 19.6 Å². The Labute approximate surface area is 186 Å². The van der Waals surface area contributed by atoms with Gasteiger partial charge in [0.15, 0.2) is 5.78 Å². The number of carbonyl (C=O) groups excluding carboxylic acids is 1. The van der Waals surface area contributed by atoms with Crippen LogP contribution in [0.25, 0.3) is 6.08 Å². The topological polar surface area (TPSA) is 44.8 Å². The van der Waals surface area contributed by atoms with Gasteiger partial charge in [0.2, 0.25) is 0 Å². The molecule has 0 radical (unpaired) electrons. The van der Waals surface area contributed by atoms with Crippen molar-refractivity contribution in [3.8, 4) is 17.2 Å². The van der Waals surface area contributed by atoms with E-state index in [0.29, 0.717) is 22.8 Å². The van der Waals surface area contributed by atoms with E-state index >= 15 is 0 Å². The van der Waals surface area contributed by atoms with Crippen LogP contribution in [-0.4, -0.2) is 18.0 Å². The molecule has 0 fully saturated rings. The maximum atomic E-state index is 12.8. The third-order valence-corrected chi connectivity index (χ3v) is 4.31. The van der Waals surface area contributed by atoms with Crippen LogP contribution in [0.2, 0.25) is 0 Å². The molecular weight excluding hydrogens is 388 g/mol. The minimum absolute atomic E-state index is 0.00707. The molecule has 4 heteroatoms. The predicted octanol–water partition coefficient (Wildman–Crippen LogP) is 7.02. The van der Waals surface area contributed by atoms with Gasteiger partial charge in [0.25, 0.3) is 0 Å². The van der Waals surface area contributed by atoms with Gasteiger partial charge in [-0.2, -0.15) is 0 Å². The molecular formula is C27H34O4. The van der Waals surface area contributed by atoms with Crippen LogP contribution in [0.5, 0.6) is 17.2 Å². The number of hydrogen-bond acceptors (Lipinski definition) is 4. The van der Waals surface area contributed by atoms with Gasteiger partial charge in [-0.25, -0.2) is 0 Å². The fraction of sp³-hybridized carbons (Fsp3) is 0.370. The van der Waals surface area contributed by atoms with E-state index in [1.54, 1.807) is 43.3 Å². The van der Waals surface area contributed by atoms with Crippen LogP contribution < -0.4 is 14.2 Å². The number of benzene rings is 2. The van der Waals surface area contributed by atoms with Crippen molar-refractivity contribution in [2.24, 2.45) is 0 Å². The quantitative estimate of drug-likeness (QED) is 0.222. The zero-order valence-corrected chi connectivity index (χ0v) is 19.5. The highest BCUT2D eigenvalue weighted by atomic mass is 16.5. The summed E-state index contributed by atoms with van der Waals surface area (Å²) in [5.74, 6) is 2.64. The minimum atomic E-state index is -0.103. The molecule has 0 aliphatic rings. The molecule has 166 valence electrons. The number of ketones is 1. The van der Waals surface area contributed by atoms with Crippen molar-refractivity contribution >= 4 is 11.9 Å². The van der Waals surface area contributed by atoms with Crippen molar-refractivity contribution in [3.05, 3.63) is 71.5 Å². The first-order valence-electron chi connectivity index (χ1n) is 10.9. The fourth-order valence-corrected chi connectivity index (χ4v) is 3.13. The van der Waals surface area contributed by atoms with E-state index in [1.165, 1.54) is 0 Å². The summed E-state index contributed by atoms with van der Waals surface area (Å²) in [6.45, 7) is 15.6. The summed E-state index contributed by atoms with van der Waals surface area (Å²) >= 11 is 0. The van der Waals surface area contributed by atoms with E-state index in [0.717, 1.165) is 29.7 Å². The van der Waals surface area contributed by atoms with Gasteiger partial charge in [-0.3, -0.25) is 4.79 Å². The molecule has 0 atom stereocenters. The summed E-state index contributed by atoms with van der Waals surface area (Å²) in [4.78, 5) is 12.8. The van der Waals surface area contributed by atoms with Crippen LogP contribution >= 0.6 is 0 Å². The van der Waals surface area contributed by atoms with Crippen LogP contribution in [0.3, 0.4) is 0 Å². The van der Waals surface area contributed by atoms with Gasteiger partial charge >= 0.3 is 0 Å². The van der Waals surface area contributed by atoms with Gasteiger partial charge in [-0.15, -0.1) is 0 Å². The van der Waals surface area contributed by atoms with Crippen LogP contribution in [0.4, 0.5) is 0 Å². The molecule has 0 aliphatic heterocycles. The number of aryl methyl sites for hydroxylation is 1. The number of allylic oxidation sites excluding steroid dienone is 2. The average Bonchev–Trinajstić information content (AvgIpc) is 2.68. The zero-order valence-electron chi connectivity index (χ0n) is 19.5. The Morgan fingerprint density at radius 2 is 1.65 bits per heavy atom. The van der Waals surface area contributed by atoms with Gasteiger partial charge in [0.1, 0.15) is 17.2 Å². The smallest absolute Gasteiger partial charge is 0.185 e. The molecule has 0 saturated heterocycles. The lowest BCUT2D eigenvalue weighted by Crippen LogP contribution is -2.12. The van der Waals surface area contributed by atoms with Crippen LogP contribution in [0.1, 0.15) is 69.4 Å². The molecule has 0 saturated carbocycles. The van der Waals surface area contributed by atoms with Crippen LogP contribution in [-0.2, 0) is 6.42 Å². The molecule has 2 aromatic rings. The average molecular weight is 423 g/mol. The van der Waals surface area contributed by atoms with Crippen LogP contribution in [0, 0.1) is 0 Å². The van der Waals surface area contributed by atoms with Crippen molar-refractivity contribution in [3.63, 3.8) is 0 Å². The molecule has 0 amide bonds. The van der Waals surface area contributed by atoms with E-state index in [4.69, 9.17) is 14.2 Å². The molecule has 4 nitrogen and oxygen atoms in total. The maximum absolute atomic E-state index is 12.8. The van der Waals surface area contributed by atoms with Gasteiger partial charge in [0.05, 0.1) is 23.5 Å². The minimum Gasteiger partial charge on any atom is -0.490 e. The van der Waals surface area contributed by atoms with Gasteiger partial charge in [-0.05, 0) is 89.1 Å². The first-order valence-corrected chi connectivity index (χ1v) is 10.9. The summed E-state index contributed by atoms with van der Waals surface area (Å²) in [5, 5.41) is 0. The third-order valence-electron chi connectivity index (χ3n) is 4.31. The molecule has 0 aliphatic carbocycles. The maximum Gasteiger partial charge on any atom is 0.185 e. The lowest BCUT2D eigenvalue weighted by atomic mass is 10.0. The Bertz CT molecular complexity index is 921. The molecule has 31 heavy (non-hydrogen) atoms. The molecule has 0 heterocycles. The SMILES string of the molecule is C=C(C)Oc1ccc(C(=O)C=Cc2c(OC(C)C)ccc(CCC)c2OC(C)C)cc1. The van der Waals surface area contributed by atoms with Crippen molar-refractivity contribution in [2.75, 3.05) is 0 Å². The summed E-state index contributed by atoms with van der Waals surface area (Å²) in [7, 11) is 0. The second-order valence-corrected chi connectivity index (χ2v) is 8.07. The van der Waals surface area contributed by atoms with Gasteiger partial charge in [-0.1, -0.05) is 26.0 Å². The van der Waals surface area contributed by atoms with E-state index in [9.17, 15) is 4.79 Å². The first-order chi connectivity index (χ1) is 14.7. The zero-order chi connectivity index (χ0) is 23.0. The molecule has 0 unspecified atom stereocenters. The number of ether oxygens (including phenoxy) is 3. The van der Waals surface area contributed by atoms with E-state index < -0.39 is 0 Å². The predicted molar refractivity (Wildman–Crippen MR) is 127 cm³/mol. The Morgan fingerprint density at radius 3 is 2.19 bits per heavy atom. The summed E-state index contributed by atoms with van der Waals surface area (Å²) in [6.07, 6.45) is 5.28. The Balaban J connectivity index is 2.41. The van der Waals surface area contributed by atoms with Crippen molar-refractivity contribution in [2.45, 2.75) is 66.6 Å². The number of carbonyl (C=O) groups is 1. The summed E-state index contributed by atoms with van der Waals surface area (Å²) < 4.78 is 17.7. The highest BCUT2D eigenvalue weighted by molar-refractivity contribution is 6.07. The normalized spacial score (nSPS) is 11.2. The van der Waals surface area contributed by atoms with Crippen molar-refractivity contribution in [1.82, 2.24) is 0 Å². The second kappa shape index (κ2) is 11.4. The van der Waals surface area contributed by atoms with E-state index in [1.807, 2.05) is 33.8 Å². The summed E-state index contributed by atoms with van der Waals surface area (Å²) in [6, 6.07) is 11.0. The number of rotatable bonds is 11. The van der Waals surface area contributed by atoms with Gasteiger partial charge < -0.3 is 14.2 Å². The Hall–Kier alpha value is -3.01.